The van der Waals surface area contributed by atoms with Crippen molar-refractivity contribution in [1.29, 1.82) is 0 Å². The van der Waals surface area contributed by atoms with Gasteiger partial charge in [0.15, 0.2) is 0 Å². The van der Waals surface area contributed by atoms with Crippen LogP contribution in [0.25, 0.3) is 0 Å². The number of rotatable bonds is 12. The minimum Gasteiger partial charge on any atom is -0.493 e. The van der Waals surface area contributed by atoms with Crippen LogP contribution in [0.1, 0.15) is 117 Å². The van der Waals surface area contributed by atoms with Crippen molar-refractivity contribution in [2.45, 2.75) is 117 Å². The molecule has 0 heterocycles. The molecular formula is C33H53NO3. The van der Waals surface area contributed by atoms with Gasteiger partial charge in [-0.1, -0.05) is 94.2 Å². The van der Waals surface area contributed by atoms with Crippen LogP contribution in [-0.4, -0.2) is 24.4 Å². The topological polar surface area (TPSA) is 64.7 Å². The number of unbranched alkanes of at least 4 members (excludes halogenated alkanes) is 2. The first-order valence-corrected chi connectivity index (χ1v) is 14.2. The average molecular weight is 512 g/mol. The van der Waals surface area contributed by atoms with Crippen LogP contribution in [0, 0.1) is 5.92 Å². The first kappa shape index (κ1) is 31.2. The second kappa shape index (κ2) is 12.7. The molecule has 3 N–H and O–H groups in total. The van der Waals surface area contributed by atoms with Crippen molar-refractivity contribution in [3.63, 3.8) is 0 Å². The maximum atomic E-state index is 13.0. The van der Waals surface area contributed by atoms with E-state index in [-0.39, 0.29) is 16.7 Å². The predicted octanol–water partition coefficient (Wildman–Crippen LogP) is 7.86. The van der Waals surface area contributed by atoms with Crippen molar-refractivity contribution in [1.82, 2.24) is 0 Å². The first-order chi connectivity index (χ1) is 17.2. The molecule has 0 fully saturated rings. The molecule has 37 heavy (non-hydrogen) atoms. The van der Waals surface area contributed by atoms with Crippen LogP contribution in [0.15, 0.2) is 36.4 Å². The van der Waals surface area contributed by atoms with Gasteiger partial charge >= 0.3 is 0 Å². The van der Waals surface area contributed by atoms with Crippen LogP contribution < -0.4 is 15.2 Å². The molecule has 0 aliphatic rings. The summed E-state index contributed by atoms with van der Waals surface area (Å²) in [6, 6.07) is 11.8. The Morgan fingerprint density at radius 1 is 0.730 bits per heavy atom. The lowest BCUT2D eigenvalue weighted by molar-refractivity contribution is 0.0294. The molecular weight excluding hydrogens is 458 g/mol. The summed E-state index contributed by atoms with van der Waals surface area (Å²) in [4.78, 5) is 0. The highest BCUT2D eigenvalue weighted by molar-refractivity contribution is 5.54. The van der Waals surface area contributed by atoms with E-state index in [1.807, 2.05) is 12.1 Å². The standard InChI is InChI=1S/C33H53NO3/c1-11-13-19-36-28-17-15-24(31(5,6)7)21-26(28)33(35,30(34)23(3)4)27-22-25(32(8,9)10)16-18-29(27)37-20-14-12-2/h15-18,21-23,30,35H,11-14,19-20,34H2,1-10H3. The fourth-order valence-corrected chi connectivity index (χ4v) is 4.48. The van der Waals surface area contributed by atoms with Crippen LogP contribution in [0.4, 0.5) is 0 Å². The minimum absolute atomic E-state index is 0.00793. The molecule has 2 aromatic carbocycles. The summed E-state index contributed by atoms with van der Waals surface area (Å²) in [5.74, 6) is 1.37. The second-order valence-electron chi connectivity index (χ2n) is 12.9. The Labute approximate surface area is 227 Å². The summed E-state index contributed by atoms with van der Waals surface area (Å²) in [7, 11) is 0. The molecule has 4 heteroatoms. The summed E-state index contributed by atoms with van der Waals surface area (Å²) in [6.07, 6.45) is 3.96. The third kappa shape index (κ3) is 7.51. The molecule has 0 amide bonds. The summed E-state index contributed by atoms with van der Waals surface area (Å²) in [5, 5.41) is 13.0. The predicted molar refractivity (Wildman–Crippen MR) is 157 cm³/mol. The summed E-state index contributed by atoms with van der Waals surface area (Å²) < 4.78 is 12.6. The Kier molecular flexibility index (Phi) is 10.7. The molecule has 1 unspecified atom stereocenters. The highest BCUT2D eigenvalue weighted by atomic mass is 16.5. The number of ether oxygens (including phenoxy) is 2. The SMILES string of the molecule is CCCCOc1ccc(C(C)(C)C)cc1C(O)(c1cc(C(C)(C)C)ccc1OCCCC)C(N)C(C)C. The molecule has 0 saturated carbocycles. The average Bonchev–Trinajstić information content (AvgIpc) is 2.82. The zero-order valence-corrected chi connectivity index (χ0v) is 25.2. The molecule has 0 aromatic heterocycles. The minimum atomic E-state index is -1.51. The maximum absolute atomic E-state index is 13.0. The highest BCUT2D eigenvalue weighted by Crippen LogP contribution is 2.46. The largest absolute Gasteiger partial charge is 0.493 e. The van der Waals surface area contributed by atoms with Crippen LogP contribution in [-0.2, 0) is 16.4 Å². The normalized spacial score (nSPS) is 13.6. The third-order valence-corrected chi connectivity index (χ3v) is 7.22. The van der Waals surface area contributed by atoms with Gasteiger partial charge in [-0.2, -0.15) is 0 Å². The number of hydrogen-bond donors (Lipinski definition) is 2. The lowest BCUT2D eigenvalue weighted by Gasteiger charge is -2.40. The van der Waals surface area contributed by atoms with Crippen molar-refractivity contribution < 1.29 is 14.6 Å². The molecule has 2 rings (SSSR count). The van der Waals surface area contributed by atoms with Crippen molar-refractivity contribution in [3.05, 3.63) is 58.7 Å². The molecule has 208 valence electrons. The van der Waals surface area contributed by atoms with Crippen molar-refractivity contribution >= 4 is 0 Å². The highest BCUT2D eigenvalue weighted by Gasteiger charge is 2.45. The number of hydrogen-bond acceptors (Lipinski definition) is 4. The van der Waals surface area contributed by atoms with Crippen molar-refractivity contribution in [2.24, 2.45) is 11.7 Å². The van der Waals surface area contributed by atoms with E-state index >= 15 is 0 Å². The van der Waals surface area contributed by atoms with E-state index in [1.165, 1.54) is 0 Å². The van der Waals surface area contributed by atoms with Gasteiger partial charge in [-0.05, 0) is 65.0 Å². The molecule has 0 aliphatic heterocycles. The van der Waals surface area contributed by atoms with Gasteiger partial charge in [0.1, 0.15) is 17.1 Å². The van der Waals surface area contributed by atoms with Crippen LogP contribution >= 0.6 is 0 Å². The Balaban J connectivity index is 2.93. The van der Waals surface area contributed by atoms with Gasteiger partial charge < -0.3 is 20.3 Å². The quantitative estimate of drug-likeness (QED) is 0.285. The zero-order chi connectivity index (χ0) is 28.0. The monoisotopic (exact) mass is 511 g/mol. The van der Waals surface area contributed by atoms with E-state index in [1.54, 1.807) is 0 Å². The van der Waals surface area contributed by atoms with Gasteiger partial charge in [0.05, 0.1) is 13.2 Å². The second-order valence-corrected chi connectivity index (χ2v) is 12.9. The van der Waals surface area contributed by atoms with E-state index in [2.05, 4.69) is 93.5 Å². The van der Waals surface area contributed by atoms with Gasteiger partial charge in [-0.25, -0.2) is 0 Å². The Bertz CT molecular complexity index is 926. The molecule has 0 radical (unpaired) electrons. The van der Waals surface area contributed by atoms with Gasteiger partial charge in [0, 0.05) is 17.2 Å². The van der Waals surface area contributed by atoms with Gasteiger partial charge in [-0.15, -0.1) is 0 Å². The van der Waals surface area contributed by atoms with Crippen LogP contribution in [0.2, 0.25) is 0 Å². The number of aliphatic hydroxyl groups is 1. The molecule has 2 aromatic rings. The smallest absolute Gasteiger partial charge is 0.137 e. The molecule has 4 nitrogen and oxygen atoms in total. The van der Waals surface area contributed by atoms with E-state index in [9.17, 15) is 5.11 Å². The lowest BCUT2D eigenvalue weighted by atomic mass is 9.72. The lowest BCUT2D eigenvalue weighted by Crippen LogP contribution is -2.50. The molecule has 0 bridgehead atoms. The summed E-state index contributed by atoms with van der Waals surface area (Å²) in [5.41, 5.74) is 8.92. The molecule has 1 atom stereocenters. The fourth-order valence-electron chi connectivity index (χ4n) is 4.48. The Morgan fingerprint density at radius 3 is 1.41 bits per heavy atom. The maximum Gasteiger partial charge on any atom is 0.137 e. The summed E-state index contributed by atoms with van der Waals surface area (Å²) in [6.45, 7) is 22.7. The van der Waals surface area contributed by atoms with Crippen molar-refractivity contribution in [2.75, 3.05) is 13.2 Å². The van der Waals surface area contributed by atoms with E-state index in [0.29, 0.717) is 35.8 Å². The van der Waals surface area contributed by atoms with Crippen molar-refractivity contribution in [3.8, 4) is 11.5 Å². The van der Waals surface area contributed by atoms with E-state index in [4.69, 9.17) is 15.2 Å². The summed E-state index contributed by atoms with van der Waals surface area (Å²) >= 11 is 0. The Hall–Kier alpha value is -2.04. The number of nitrogens with two attached hydrogens (primary N) is 1. The van der Waals surface area contributed by atoms with Crippen LogP contribution in [0.3, 0.4) is 0 Å². The number of benzene rings is 2. The Morgan fingerprint density at radius 2 is 1.11 bits per heavy atom. The van der Waals surface area contributed by atoms with Crippen LogP contribution in [0.5, 0.6) is 11.5 Å². The molecule has 0 aliphatic carbocycles. The molecule has 0 spiro atoms. The van der Waals surface area contributed by atoms with E-state index < -0.39 is 11.6 Å². The van der Waals surface area contributed by atoms with Gasteiger partial charge in [0.25, 0.3) is 0 Å². The third-order valence-electron chi connectivity index (χ3n) is 7.22. The first-order valence-electron chi connectivity index (χ1n) is 14.2. The molecule has 0 saturated heterocycles. The van der Waals surface area contributed by atoms with E-state index in [0.717, 1.165) is 36.8 Å². The fraction of sp³-hybridized carbons (Fsp3) is 0.636. The van der Waals surface area contributed by atoms with Gasteiger partial charge in [-0.3, -0.25) is 0 Å². The zero-order valence-electron chi connectivity index (χ0n) is 25.2. The van der Waals surface area contributed by atoms with Gasteiger partial charge in [0.2, 0.25) is 0 Å².